The van der Waals surface area contributed by atoms with E-state index in [1.165, 1.54) is 12.1 Å². The molecule has 5 atom stereocenters. The van der Waals surface area contributed by atoms with Crippen LogP contribution < -0.4 is 5.32 Å². The third-order valence-corrected chi connectivity index (χ3v) is 6.91. The molecule has 0 amide bonds. The molecule has 0 aromatic heterocycles. The lowest BCUT2D eigenvalue weighted by atomic mass is 9.68. The van der Waals surface area contributed by atoms with Gasteiger partial charge in [0.1, 0.15) is 0 Å². The second kappa shape index (κ2) is 6.00. The summed E-state index contributed by atoms with van der Waals surface area (Å²) in [4.78, 5) is 11.4. The largest absolute Gasteiger partial charge is 0.478 e. The molecule has 2 aromatic rings. The standard InChI is InChI=1S/C22H20F3NO2/c23-22(24,25)15-3-1-2-13(9-15)20-19-12-5-4-11(8-12)18(19)16-10-14(21(27)28)6-7-17(16)26-20/h1-3,6-7,9-12,18-20,26H,4-5,8H2,(H,27,28)/t11-,12-,18+,19-,20-/m0/s1. The van der Waals surface area contributed by atoms with Crippen molar-refractivity contribution in [1.29, 1.82) is 0 Å². The van der Waals surface area contributed by atoms with E-state index in [0.717, 1.165) is 36.6 Å². The first kappa shape index (κ1) is 17.6. The Morgan fingerprint density at radius 2 is 1.86 bits per heavy atom. The molecule has 6 heteroatoms. The number of hydrogen-bond acceptors (Lipinski definition) is 2. The molecule has 146 valence electrons. The number of halogens is 3. The van der Waals surface area contributed by atoms with Gasteiger partial charge >= 0.3 is 12.1 Å². The van der Waals surface area contributed by atoms with E-state index in [9.17, 15) is 23.1 Å². The minimum Gasteiger partial charge on any atom is -0.478 e. The van der Waals surface area contributed by atoms with Gasteiger partial charge < -0.3 is 10.4 Å². The molecule has 2 aromatic carbocycles. The van der Waals surface area contributed by atoms with Crippen LogP contribution in [0.3, 0.4) is 0 Å². The quantitative estimate of drug-likeness (QED) is 0.695. The summed E-state index contributed by atoms with van der Waals surface area (Å²) in [6.07, 6.45) is -1.09. The maximum Gasteiger partial charge on any atom is 0.416 e. The van der Waals surface area contributed by atoms with Crippen LogP contribution in [-0.2, 0) is 6.18 Å². The van der Waals surface area contributed by atoms with Gasteiger partial charge in [0.05, 0.1) is 17.2 Å². The topological polar surface area (TPSA) is 49.3 Å². The summed E-state index contributed by atoms with van der Waals surface area (Å²) in [5.74, 6) is 0.381. The monoisotopic (exact) mass is 387 g/mol. The Balaban J connectivity index is 1.61. The van der Waals surface area contributed by atoms with Crippen LogP contribution in [0.5, 0.6) is 0 Å². The van der Waals surface area contributed by atoms with Crippen molar-refractivity contribution in [2.45, 2.75) is 37.4 Å². The van der Waals surface area contributed by atoms with Crippen molar-refractivity contribution in [2.75, 3.05) is 5.32 Å². The number of benzene rings is 2. The van der Waals surface area contributed by atoms with Crippen LogP contribution in [-0.4, -0.2) is 11.1 Å². The first-order chi connectivity index (χ1) is 13.3. The third-order valence-electron chi connectivity index (χ3n) is 6.91. The molecule has 5 rings (SSSR count). The molecule has 28 heavy (non-hydrogen) atoms. The Kier molecular flexibility index (Phi) is 3.77. The van der Waals surface area contributed by atoms with Gasteiger partial charge in [-0.15, -0.1) is 0 Å². The molecule has 0 unspecified atom stereocenters. The van der Waals surface area contributed by atoms with Crippen LogP contribution in [0.2, 0.25) is 0 Å². The fourth-order valence-electron chi connectivity index (χ4n) is 5.86. The van der Waals surface area contributed by atoms with E-state index in [1.54, 1.807) is 24.3 Å². The molecule has 0 spiro atoms. The first-order valence-corrected chi connectivity index (χ1v) is 9.64. The second-order valence-electron chi connectivity index (χ2n) is 8.29. The molecule has 2 saturated carbocycles. The van der Waals surface area contributed by atoms with Crippen molar-refractivity contribution in [2.24, 2.45) is 17.8 Å². The highest BCUT2D eigenvalue weighted by molar-refractivity contribution is 5.88. The van der Waals surface area contributed by atoms with Gasteiger partial charge in [-0.05, 0) is 84.4 Å². The molecule has 0 saturated heterocycles. The van der Waals surface area contributed by atoms with Gasteiger partial charge in [-0.3, -0.25) is 0 Å². The number of anilines is 1. The van der Waals surface area contributed by atoms with Crippen LogP contribution in [0, 0.1) is 17.8 Å². The minimum atomic E-state index is -4.37. The van der Waals surface area contributed by atoms with Gasteiger partial charge in [0.25, 0.3) is 0 Å². The Morgan fingerprint density at radius 3 is 2.61 bits per heavy atom. The van der Waals surface area contributed by atoms with Gasteiger partial charge in [0.15, 0.2) is 0 Å². The van der Waals surface area contributed by atoms with E-state index < -0.39 is 17.7 Å². The molecule has 1 heterocycles. The van der Waals surface area contributed by atoms with Crippen molar-refractivity contribution in [3.05, 3.63) is 64.7 Å². The Morgan fingerprint density at radius 1 is 1.07 bits per heavy atom. The molecular formula is C22H20F3NO2. The van der Waals surface area contributed by atoms with E-state index >= 15 is 0 Å². The normalized spacial score (nSPS) is 30.5. The summed E-state index contributed by atoms with van der Waals surface area (Å²) >= 11 is 0. The van der Waals surface area contributed by atoms with Gasteiger partial charge in [-0.1, -0.05) is 12.1 Å². The highest BCUT2D eigenvalue weighted by Gasteiger charge is 2.54. The van der Waals surface area contributed by atoms with Crippen LogP contribution in [0.25, 0.3) is 0 Å². The van der Waals surface area contributed by atoms with Gasteiger partial charge in [-0.2, -0.15) is 13.2 Å². The zero-order chi connectivity index (χ0) is 19.6. The average Bonchev–Trinajstić information content (AvgIpc) is 3.29. The highest BCUT2D eigenvalue weighted by Crippen LogP contribution is 2.63. The Hall–Kier alpha value is -2.50. The zero-order valence-corrected chi connectivity index (χ0v) is 15.0. The number of carboxylic acids is 1. The number of carbonyl (C=O) groups is 1. The van der Waals surface area contributed by atoms with Crippen molar-refractivity contribution < 1.29 is 23.1 Å². The third kappa shape index (κ3) is 2.61. The summed E-state index contributed by atoms with van der Waals surface area (Å²) in [5.41, 5.74) is 2.16. The molecule has 3 nitrogen and oxygen atoms in total. The van der Waals surface area contributed by atoms with Crippen LogP contribution in [0.4, 0.5) is 18.9 Å². The smallest absolute Gasteiger partial charge is 0.416 e. The molecule has 2 aliphatic carbocycles. The molecule has 3 aliphatic rings. The predicted molar refractivity (Wildman–Crippen MR) is 98.3 cm³/mol. The van der Waals surface area contributed by atoms with E-state index in [1.807, 2.05) is 0 Å². The molecule has 0 radical (unpaired) electrons. The Labute approximate surface area is 160 Å². The molecule has 2 N–H and O–H groups in total. The zero-order valence-electron chi connectivity index (χ0n) is 15.0. The van der Waals surface area contributed by atoms with E-state index in [-0.39, 0.29) is 23.4 Å². The molecule has 1 aliphatic heterocycles. The fraction of sp³-hybridized carbons (Fsp3) is 0.409. The minimum absolute atomic E-state index is 0.189. The van der Waals surface area contributed by atoms with Crippen molar-refractivity contribution in [1.82, 2.24) is 0 Å². The summed E-state index contributed by atoms with van der Waals surface area (Å²) in [6, 6.07) is 10.5. The lowest BCUT2D eigenvalue weighted by Gasteiger charge is -2.43. The average molecular weight is 387 g/mol. The number of fused-ring (bicyclic) bond motifs is 7. The van der Waals surface area contributed by atoms with Gasteiger partial charge in [-0.25, -0.2) is 4.79 Å². The highest BCUT2D eigenvalue weighted by atomic mass is 19.4. The predicted octanol–water partition coefficient (Wildman–Crippen LogP) is 5.70. The van der Waals surface area contributed by atoms with Gasteiger partial charge in [0, 0.05) is 5.69 Å². The maximum absolute atomic E-state index is 13.2. The lowest BCUT2D eigenvalue weighted by Crippen LogP contribution is -2.35. The number of aromatic carboxylic acids is 1. The number of rotatable bonds is 2. The molecule has 2 bridgehead atoms. The fourth-order valence-corrected chi connectivity index (χ4v) is 5.86. The first-order valence-electron chi connectivity index (χ1n) is 9.64. The molecular weight excluding hydrogens is 367 g/mol. The van der Waals surface area contributed by atoms with E-state index in [0.29, 0.717) is 17.4 Å². The van der Waals surface area contributed by atoms with E-state index in [2.05, 4.69) is 5.32 Å². The summed E-state index contributed by atoms with van der Waals surface area (Å²) in [5, 5.41) is 12.8. The summed E-state index contributed by atoms with van der Waals surface area (Å²) < 4.78 is 39.7. The van der Waals surface area contributed by atoms with Crippen LogP contribution >= 0.6 is 0 Å². The Bertz CT molecular complexity index is 955. The van der Waals surface area contributed by atoms with Crippen molar-refractivity contribution >= 4 is 11.7 Å². The van der Waals surface area contributed by atoms with Crippen LogP contribution in [0.15, 0.2) is 42.5 Å². The second-order valence-corrected chi connectivity index (χ2v) is 8.29. The SMILES string of the molecule is O=C(O)c1ccc2c(c1)[C@H]1[C@H]3CC[C@@H](C3)[C@@H]1[C@H](c1cccc(C(F)(F)F)c1)N2. The van der Waals surface area contributed by atoms with Crippen LogP contribution in [0.1, 0.15) is 58.3 Å². The van der Waals surface area contributed by atoms with E-state index in [4.69, 9.17) is 0 Å². The van der Waals surface area contributed by atoms with Gasteiger partial charge in [0.2, 0.25) is 0 Å². The number of alkyl halides is 3. The van der Waals surface area contributed by atoms with Crippen molar-refractivity contribution in [3.63, 3.8) is 0 Å². The summed E-state index contributed by atoms with van der Waals surface area (Å²) in [7, 11) is 0. The summed E-state index contributed by atoms with van der Waals surface area (Å²) in [6.45, 7) is 0. The molecule has 2 fully saturated rings. The number of hydrogen-bond donors (Lipinski definition) is 2. The maximum atomic E-state index is 13.2. The number of carboxylic acid groups (broad SMARTS) is 1. The lowest BCUT2D eigenvalue weighted by molar-refractivity contribution is -0.137. The number of nitrogens with one attached hydrogen (secondary N) is 1. The van der Waals surface area contributed by atoms with Crippen molar-refractivity contribution in [3.8, 4) is 0 Å².